The molecule has 6 heteroatoms. The molecule has 0 saturated carbocycles. The van der Waals surface area contributed by atoms with Crippen molar-refractivity contribution in [1.29, 1.82) is 0 Å². The summed E-state index contributed by atoms with van der Waals surface area (Å²) in [7, 11) is 3.78. The Morgan fingerprint density at radius 2 is 1.92 bits per heavy atom. The maximum atomic E-state index is 5.57. The van der Waals surface area contributed by atoms with Gasteiger partial charge in [0.25, 0.3) is 0 Å². The average Bonchev–Trinajstić information content (AvgIpc) is 3.07. The molecule has 0 aliphatic rings. The van der Waals surface area contributed by atoms with Gasteiger partial charge in [0.15, 0.2) is 5.65 Å². The number of hydrogen-bond donors (Lipinski definition) is 0. The lowest BCUT2D eigenvalue weighted by Gasteiger charge is -2.30. The van der Waals surface area contributed by atoms with Crippen LogP contribution in [0.1, 0.15) is 45.7 Å². The van der Waals surface area contributed by atoms with Gasteiger partial charge in [-0.3, -0.25) is 0 Å². The van der Waals surface area contributed by atoms with Gasteiger partial charge in [-0.25, -0.2) is 14.6 Å². The van der Waals surface area contributed by atoms with E-state index in [0.29, 0.717) is 0 Å². The van der Waals surface area contributed by atoms with Crippen molar-refractivity contribution in [2.24, 2.45) is 0 Å². The Morgan fingerprint density at radius 3 is 2.58 bits per heavy atom. The van der Waals surface area contributed by atoms with E-state index in [9.17, 15) is 0 Å². The van der Waals surface area contributed by atoms with Crippen LogP contribution in [0.2, 0.25) is 0 Å². The molecular weight excluding hydrogens is 326 g/mol. The summed E-state index contributed by atoms with van der Waals surface area (Å²) in [6.07, 6.45) is 4.41. The Kier molecular flexibility index (Phi) is 4.85. The summed E-state index contributed by atoms with van der Waals surface area (Å²) in [4.78, 5) is 11.2. The number of nitrogens with zero attached hydrogens (tertiary/aromatic N) is 5. The molecule has 3 aromatic rings. The number of methoxy groups -OCH3 is 1. The molecule has 0 spiro atoms. The zero-order valence-corrected chi connectivity index (χ0v) is 16.4. The summed E-state index contributed by atoms with van der Waals surface area (Å²) >= 11 is 0. The average molecular weight is 353 g/mol. The minimum absolute atomic E-state index is 0.140. The first-order valence-corrected chi connectivity index (χ1v) is 8.93. The van der Waals surface area contributed by atoms with Gasteiger partial charge in [-0.05, 0) is 33.3 Å². The smallest absolute Gasteiger partial charge is 0.163 e. The highest BCUT2D eigenvalue weighted by Gasteiger charge is 2.25. The van der Waals surface area contributed by atoms with E-state index < -0.39 is 0 Å². The van der Waals surface area contributed by atoms with Gasteiger partial charge >= 0.3 is 0 Å². The molecule has 3 rings (SSSR count). The topological polar surface area (TPSA) is 56.1 Å². The third kappa shape index (κ3) is 3.11. The molecule has 0 unspecified atom stereocenters. The van der Waals surface area contributed by atoms with Crippen LogP contribution in [0.4, 0.5) is 5.82 Å². The minimum Gasteiger partial charge on any atom is -0.496 e. The number of aromatic nitrogens is 4. The van der Waals surface area contributed by atoms with Gasteiger partial charge in [-0.1, -0.05) is 25.1 Å². The maximum Gasteiger partial charge on any atom is 0.163 e. The largest absolute Gasteiger partial charge is 0.496 e. The van der Waals surface area contributed by atoms with Crippen LogP contribution >= 0.6 is 0 Å². The van der Waals surface area contributed by atoms with Crippen molar-refractivity contribution >= 4 is 16.9 Å². The zero-order valence-electron chi connectivity index (χ0n) is 16.4. The Bertz CT molecular complexity index is 897. The van der Waals surface area contributed by atoms with Crippen LogP contribution in [0, 0.1) is 0 Å². The van der Waals surface area contributed by atoms with Crippen molar-refractivity contribution in [2.75, 3.05) is 19.1 Å². The molecule has 0 N–H and O–H groups in total. The van der Waals surface area contributed by atoms with E-state index >= 15 is 0 Å². The lowest BCUT2D eigenvalue weighted by Crippen LogP contribution is -2.26. The third-order valence-corrected chi connectivity index (χ3v) is 4.67. The normalized spacial score (nSPS) is 13.0. The van der Waals surface area contributed by atoms with E-state index in [-0.39, 0.29) is 11.6 Å². The van der Waals surface area contributed by atoms with Gasteiger partial charge in [-0.15, -0.1) is 0 Å². The molecule has 6 nitrogen and oxygen atoms in total. The quantitative estimate of drug-likeness (QED) is 0.689. The highest BCUT2D eigenvalue weighted by Crippen LogP contribution is 2.35. The minimum atomic E-state index is -0.140. The van der Waals surface area contributed by atoms with Crippen LogP contribution in [0.3, 0.4) is 0 Å². The second-order valence-corrected chi connectivity index (χ2v) is 7.44. The Labute approximate surface area is 154 Å². The summed E-state index contributed by atoms with van der Waals surface area (Å²) in [5.74, 6) is 1.77. The number of hydrogen-bond acceptors (Lipinski definition) is 5. The molecule has 26 heavy (non-hydrogen) atoms. The second-order valence-electron chi connectivity index (χ2n) is 7.44. The molecule has 2 heterocycles. The molecule has 2 aromatic heterocycles. The van der Waals surface area contributed by atoms with Crippen LogP contribution in [-0.4, -0.2) is 33.9 Å². The van der Waals surface area contributed by atoms with E-state index in [4.69, 9.17) is 4.74 Å². The van der Waals surface area contributed by atoms with Crippen LogP contribution in [0.5, 0.6) is 5.75 Å². The molecule has 0 radical (unpaired) electrons. The van der Waals surface area contributed by atoms with E-state index in [1.165, 1.54) is 0 Å². The second kappa shape index (κ2) is 6.94. The molecule has 138 valence electrons. The number of anilines is 1. The van der Waals surface area contributed by atoms with Crippen molar-refractivity contribution in [1.82, 2.24) is 19.7 Å². The summed E-state index contributed by atoms with van der Waals surface area (Å²) in [6.45, 7) is 8.53. The number of fused-ring (bicyclic) bond motifs is 1. The summed E-state index contributed by atoms with van der Waals surface area (Å²) < 4.78 is 7.52. The van der Waals surface area contributed by atoms with Gasteiger partial charge < -0.3 is 9.64 Å². The molecule has 1 atom stereocenters. The van der Waals surface area contributed by atoms with E-state index in [0.717, 1.165) is 34.6 Å². The van der Waals surface area contributed by atoms with Crippen LogP contribution in [-0.2, 0) is 5.54 Å². The maximum absolute atomic E-state index is 5.57. The summed E-state index contributed by atoms with van der Waals surface area (Å²) in [5.41, 5.74) is 1.86. The first-order valence-electron chi connectivity index (χ1n) is 8.93. The molecular formula is C20H27N5O. The van der Waals surface area contributed by atoms with E-state index in [1.54, 1.807) is 13.4 Å². The van der Waals surface area contributed by atoms with E-state index in [2.05, 4.69) is 60.8 Å². The lowest BCUT2D eigenvalue weighted by atomic mass is 10.0. The lowest BCUT2D eigenvalue weighted by molar-refractivity contribution is 0.366. The molecule has 0 aliphatic carbocycles. The monoisotopic (exact) mass is 353 g/mol. The van der Waals surface area contributed by atoms with Gasteiger partial charge in [0, 0.05) is 12.6 Å². The van der Waals surface area contributed by atoms with Crippen molar-refractivity contribution in [3.8, 4) is 5.75 Å². The van der Waals surface area contributed by atoms with Crippen molar-refractivity contribution in [2.45, 2.75) is 45.7 Å². The van der Waals surface area contributed by atoms with Crippen LogP contribution in [0.15, 0.2) is 36.8 Å². The molecule has 0 bridgehead atoms. The van der Waals surface area contributed by atoms with Gasteiger partial charge in [0.05, 0.1) is 30.3 Å². The predicted octanol–water partition coefficient (Wildman–Crippen LogP) is 4.18. The number of ether oxygens (including phenoxy) is 1. The van der Waals surface area contributed by atoms with Crippen molar-refractivity contribution < 1.29 is 4.74 Å². The first kappa shape index (κ1) is 18.2. The van der Waals surface area contributed by atoms with Crippen molar-refractivity contribution in [3.63, 3.8) is 0 Å². The predicted molar refractivity (Wildman–Crippen MR) is 105 cm³/mol. The van der Waals surface area contributed by atoms with Crippen LogP contribution in [0.25, 0.3) is 11.0 Å². The highest BCUT2D eigenvalue weighted by atomic mass is 16.5. The molecule has 0 saturated heterocycles. The van der Waals surface area contributed by atoms with Crippen molar-refractivity contribution in [3.05, 3.63) is 42.4 Å². The fraction of sp³-hybridized carbons (Fsp3) is 0.450. The molecule has 1 aromatic carbocycles. The standard InChI is InChI=1S/C20H27N5O/c1-7-16(14-10-8-9-11-17(14)26-6)24(5)18-15-12-23-25(20(2,3)4)19(15)22-13-21-18/h8-13,16H,7H2,1-6H3/t16-/m1/s1. The van der Waals surface area contributed by atoms with Gasteiger partial charge in [0.2, 0.25) is 0 Å². The fourth-order valence-corrected chi connectivity index (χ4v) is 3.40. The Morgan fingerprint density at radius 1 is 1.19 bits per heavy atom. The third-order valence-electron chi connectivity index (χ3n) is 4.67. The Hall–Kier alpha value is -2.63. The number of benzene rings is 1. The zero-order chi connectivity index (χ0) is 18.9. The fourth-order valence-electron chi connectivity index (χ4n) is 3.40. The molecule has 0 fully saturated rings. The van der Waals surface area contributed by atoms with Gasteiger partial charge in [0.1, 0.15) is 17.9 Å². The SMILES string of the molecule is CC[C@H](c1ccccc1OC)N(C)c1ncnc2c1cnn2C(C)(C)C. The highest BCUT2D eigenvalue weighted by molar-refractivity contribution is 5.87. The van der Waals surface area contributed by atoms with Gasteiger partial charge in [-0.2, -0.15) is 5.10 Å². The molecule has 0 aliphatic heterocycles. The summed E-state index contributed by atoms with van der Waals surface area (Å²) in [5, 5.41) is 5.52. The first-order chi connectivity index (χ1) is 12.4. The molecule has 0 amide bonds. The number of para-hydroxylation sites is 1. The number of rotatable bonds is 5. The van der Waals surface area contributed by atoms with Crippen LogP contribution < -0.4 is 9.64 Å². The van der Waals surface area contributed by atoms with E-state index in [1.807, 2.05) is 29.1 Å². The Balaban J connectivity index is 2.09. The summed E-state index contributed by atoms with van der Waals surface area (Å²) in [6, 6.07) is 8.29.